The maximum atomic E-state index is 13.2. The van der Waals surface area contributed by atoms with Crippen LogP contribution in [-0.2, 0) is 23.1 Å². The van der Waals surface area contributed by atoms with Crippen LogP contribution in [0.1, 0.15) is 24.0 Å². The SMILES string of the molecule is O=S1(=O)N[C@]2(CN1CC(F)(F)F)[C@@H]1CC[C@H]2Cc2cc(-c3ncn(-c4ccc(F)cc4)n3)ccc2C1. The summed E-state index contributed by atoms with van der Waals surface area (Å²) >= 11 is 0. The number of alkyl halides is 3. The van der Waals surface area contributed by atoms with Crippen LogP contribution >= 0.6 is 0 Å². The number of rotatable bonds is 3. The number of hydrogen-bond donors (Lipinski definition) is 1. The van der Waals surface area contributed by atoms with Gasteiger partial charge in [0.15, 0.2) is 5.82 Å². The minimum absolute atomic E-state index is 0.0848. The molecular weight excluding hydrogens is 498 g/mol. The van der Waals surface area contributed by atoms with Crippen molar-refractivity contribution in [1.29, 1.82) is 0 Å². The van der Waals surface area contributed by atoms with Crippen molar-refractivity contribution in [3.63, 3.8) is 0 Å². The van der Waals surface area contributed by atoms with Crippen molar-refractivity contribution in [2.24, 2.45) is 11.8 Å². The first kappa shape index (κ1) is 23.6. The Hall–Kier alpha value is -2.83. The van der Waals surface area contributed by atoms with E-state index >= 15 is 0 Å². The number of nitrogens with one attached hydrogen (secondary N) is 1. The molecule has 2 heterocycles. The lowest BCUT2D eigenvalue weighted by molar-refractivity contribution is -0.136. The number of halogens is 4. The first-order valence-corrected chi connectivity index (χ1v) is 13.1. The molecule has 36 heavy (non-hydrogen) atoms. The van der Waals surface area contributed by atoms with E-state index in [4.69, 9.17) is 0 Å². The summed E-state index contributed by atoms with van der Waals surface area (Å²) in [4.78, 5) is 4.39. The van der Waals surface area contributed by atoms with E-state index in [-0.39, 0.29) is 24.2 Å². The van der Waals surface area contributed by atoms with Gasteiger partial charge in [0.2, 0.25) is 0 Å². The molecule has 0 radical (unpaired) electrons. The van der Waals surface area contributed by atoms with E-state index in [1.165, 1.54) is 12.1 Å². The van der Waals surface area contributed by atoms with E-state index in [2.05, 4.69) is 14.8 Å². The predicted molar refractivity (Wildman–Crippen MR) is 123 cm³/mol. The van der Waals surface area contributed by atoms with Gasteiger partial charge in [0, 0.05) is 12.1 Å². The molecule has 3 aliphatic rings. The molecule has 1 spiro atoms. The molecular formula is C24H23F4N5O2S. The summed E-state index contributed by atoms with van der Waals surface area (Å²) in [6.07, 6.45) is -0.404. The molecule has 1 N–H and O–H groups in total. The molecule has 2 fully saturated rings. The minimum atomic E-state index is -4.60. The van der Waals surface area contributed by atoms with Crippen molar-refractivity contribution in [3.8, 4) is 17.1 Å². The molecule has 3 aromatic rings. The number of fused-ring (bicyclic) bond motifs is 1. The molecule has 2 aliphatic carbocycles. The van der Waals surface area contributed by atoms with Crippen LogP contribution in [0.2, 0.25) is 0 Å². The van der Waals surface area contributed by atoms with Crippen LogP contribution in [-0.4, -0.2) is 52.3 Å². The van der Waals surface area contributed by atoms with Crippen LogP contribution in [0, 0.1) is 17.7 Å². The van der Waals surface area contributed by atoms with Gasteiger partial charge in [-0.05, 0) is 79.0 Å². The summed E-state index contributed by atoms with van der Waals surface area (Å²) in [5.74, 6) is -0.0534. The van der Waals surface area contributed by atoms with Crippen LogP contribution in [0.3, 0.4) is 0 Å². The van der Waals surface area contributed by atoms with Gasteiger partial charge in [-0.3, -0.25) is 0 Å². The van der Waals surface area contributed by atoms with Crippen molar-refractivity contribution in [1.82, 2.24) is 23.8 Å². The molecule has 0 amide bonds. The third-order valence-corrected chi connectivity index (χ3v) is 9.33. The van der Waals surface area contributed by atoms with Gasteiger partial charge in [0.05, 0.1) is 11.2 Å². The first-order valence-electron chi connectivity index (χ1n) is 11.7. The summed E-state index contributed by atoms with van der Waals surface area (Å²) in [6.45, 7) is -1.66. The third-order valence-electron chi connectivity index (χ3n) is 7.75. The van der Waals surface area contributed by atoms with Gasteiger partial charge in [-0.1, -0.05) is 12.1 Å². The maximum absolute atomic E-state index is 13.2. The Bertz CT molecular complexity index is 1420. The Kier molecular flexibility index (Phi) is 5.29. The molecule has 2 aromatic carbocycles. The highest BCUT2D eigenvalue weighted by Crippen LogP contribution is 2.50. The van der Waals surface area contributed by atoms with Gasteiger partial charge in [-0.25, -0.2) is 14.1 Å². The molecule has 12 heteroatoms. The second-order valence-electron chi connectivity index (χ2n) is 9.88. The molecule has 1 saturated heterocycles. The van der Waals surface area contributed by atoms with Gasteiger partial charge in [-0.15, -0.1) is 5.10 Å². The van der Waals surface area contributed by atoms with Crippen LogP contribution in [0.25, 0.3) is 17.1 Å². The molecule has 1 saturated carbocycles. The molecule has 3 atom stereocenters. The standard InChI is InChI=1S/C24H23F4N5O2S/c25-20-5-7-21(8-6-20)33-14-29-22(30-33)16-2-1-15-10-18-3-4-19(11-17(15)9-16)23(18)12-32(13-24(26,27)28)36(34,35)31-23/h1-2,5-9,14,18-19,31H,3-4,10-13H2/t18-,19+,23-/m1/s1. The molecule has 7 nitrogen and oxygen atoms in total. The highest BCUT2D eigenvalue weighted by molar-refractivity contribution is 7.87. The van der Waals surface area contributed by atoms with E-state index in [0.29, 0.717) is 28.7 Å². The second kappa shape index (κ2) is 8.09. The van der Waals surface area contributed by atoms with Crippen LogP contribution in [0.4, 0.5) is 17.6 Å². The summed E-state index contributed by atoms with van der Waals surface area (Å²) in [5, 5.41) is 4.51. The zero-order valence-corrected chi connectivity index (χ0v) is 19.9. The smallest absolute Gasteiger partial charge is 0.220 e. The minimum Gasteiger partial charge on any atom is -0.220 e. The Balaban J connectivity index is 1.29. The topological polar surface area (TPSA) is 80.1 Å². The van der Waals surface area contributed by atoms with Crippen molar-refractivity contribution < 1.29 is 26.0 Å². The van der Waals surface area contributed by atoms with Crippen molar-refractivity contribution in [2.75, 3.05) is 13.1 Å². The van der Waals surface area contributed by atoms with E-state index in [9.17, 15) is 26.0 Å². The second-order valence-corrected chi connectivity index (χ2v) is 11.6. The van der Waals surface area contributed by atoms with Crippen LogP contribution in [0.5, 0.6) is 0 Å². The first-order chi connectivity index (χ1) is 17.0. The highest BCUT2D eigenvalue weighted by Gasteiger charge is 2.60. The molecule has 1 aromatic heterocycles. The monoisotopic (exact) mass is 521 g/mol. The van der Waals surface area contributed by atoms with Crippen molar-refractivity contribution >= 4 is 10.2 Å². The van der Waals surface area contributed by atoms with Crippen LogP contribution < -0.4 is 4.72 Å². The average Bonchev–Trinajstić information content (AvgIpc) is 3.43. The van der Waals surface area contributed by atoms with E-state index < -0.39 is 28.5 Å². The number of benzene rings is 2. The Morgan fingerprint density at radius 2 is 1.72 bits per heavy atom. The lowest BCUT2D eigenvalue weighted by Gasteiger charge is -2.33. The molecule has 190 valence electrons. The fourth-order valence-corrected chi connectivity index (χ4v) is 7.80. The lowest BCUT2D eigenvalue weighted by atomic mass is 9.79. The summed E-state index contributed by atoms with van der Waals surface area (Å²) < 4.78 is 82.6. The molecule has 1 aliphatic heterocycles. The summed E-state index contributed by atoms with van der Waals surface area (Å²) in [6, 6.07) is 11.8. The van der Waals surface area contributed by atoms with E-state index in [0.717, 1.165) is 29.5 Å². The third kappa shape index (κ3) is 4.00. The zero-order valence-electron chi connectivity index (χ0n) is 19.0. The fraction of sp³-hybridized carbons (Fsp3) is 0.417. The number of aromatic nitrogens is 3. The van der Waals surface area contributed by atoms with Gasteiger partial charge in [0.25, 0.3) is 10.2 Å². The Morgan fingerprint density at radius 3 is 2.42 bits per heavy atom. The fourth-order valence-electron chi connectivity index (χ4n) is 6.10. The predicted octanol–water partition coefficient (Wildman–Crippen LogP) is 3.65. The maximum Gasteiger partial charge on any atom is 0.402 e. The molecule has 0 unspecified atom stereocenters. The zero-order chi connectivity index (χ0) is 25.3. The molecule has 6 rings (SSSR count). The van der Waals surface area contributed by atoms with Gasteiger partial charge >= 0.3 is 6.18 Å². The number of hydrogen-bond acceptors (Lipinski definition) is 4. The average molecular weight is 522 g/mol. The largest absolute Gasteiger partial charge is 0.402 e. The van der Waals surface area contributed by atoms with E-state index in [1.807, 2.05) is 18.2 Å². The van der Waals surface area contributed by atoms with Crippen molar-refractivity contribution in [3.05, 3.63) is 65.7 Å². The van der Waals surface area contributed by atoms with E-state index in [1.54, 1.807) is 23.1 Å². The van der Waals surface area contributed by atoms with Gasteiger partial charge in [0.1, 0.15) is 18.7 Å². The summed E-state index contributed by atoms with van der Waals surface area (Å²) in [7, 11) is -4.22. The normalized spacial score (nSPS) is 27.3. The summed E-state index contributed by atoms with van der Waals surface area (Å²) in [5.41, 5.74) is 2.64. The lowest BCUT2D eigenvalue weighted by Crippen LogP contribution is -2.52. The quantitative estimate of drug-likeness (QED) is 0.534. The van der Waals surface area contributed by atoms with Gasteiger partial charge < -0.3 is 0 Å². The van der Waals surface area contributed by atoms with Gasteiger partial charge in [-0.2, -0.15) is 30.6 Å². The van der Waals surface area contributed by atoms with Crippen molar-refractivity contribution in [2.45, 2.75) is 37.4 Å². The highest BCUT2D eigenvalue weighted by atomic mass is 32.2. The number of nitrogens with zero attached hydrogens (tertiary/aromatic N) is 4. The Morgan fingerprint density at radius 1 is 1.03 bits per heavy atom. The Labute approximate surface area is 205 Å². The van der Waals surface area contributed by atoms with Crippen LogP contribution in [0.15, 0.2) is 48.8 Å². The molecule has 2 bridgehead atoms.